The van der Waals surface area contributed by atoms with E-state index in [1.54, 1.807) is 47.6 Å². The minimum absolute atomic E-state index is 0.0322. The summed E-state index contributed by atoms with van der Waals surface area (Å²) in [5, 5.41) is 33.5. The lowest BCUT2D eigenvalue weighted by molar-refractivity contribution is -0.156. The average molecular weight is 2040 g/mol. The Morgan fingerprint density at radius 3 is 0.783 bits per heavy atom. The Morgan fingerprint density at radius 1 is 0.273 bits per heavy atom. The highest BCUT2D eigenvalue weighted by atomic mass is 16.6. The summed E-state index contributed by atoms with van der Waals surface area (Å²) in [5.41, 5.74) is -2.72. The van der Waals surface area contributed by atoms with Crippen LogP contribution in [0.2, 0.25) is 0 Å². The first-order valence-electron chi connectivity index (χ1n) is 52.2. The van der Waals surface area contributed by atoms with Gasteiger partial charge in [0.2, 0.25) is 0 Å². The highest BCUT2D eigenvalue weighted by molar-refractivity contribution is 6.02. The van der Waals surface area contributed by atoms with Crippen LogP contribution in [0, 0.1) is 55.7 Å². The fourth-order valence-electron chi connectivity index (χ4n) is 10.6. The molecule has 0 aliphatic heterocycles. The third kappa shape index (κ3) is 74.4. The van der Waals surface area contributed by atoms with E-state index < -0.39 is 74.6 Å². The van der Waals surface area contributed by atoms with E-state index in [-0.39, 0.29) is 117 Å². The molecule has 0 spiro atoms. The standard InChI is InChI=1S/3C23H43NO6.C16H20O6.C13H18O2.2C6H12O2/c3*1-6-9-13-19(7-2)18-30-20(25)14-11-10-12-16-29-22(27)24-15-17-28-21(26)23(4,5)8-3;1-4-16(2,3)15(20)22-10-9-21-14(19)12-8-6-5-7-11(12)13(17)18;1-4-13(2,3)12(14)15-10-11-8-6-5-7-9-11;2*1-4-6(2,3)5(7)8/h3*19H,6-18H2,1-5H3,(H,24,27);5-8H,4,9-10H2,1-3H3,(H,17,18);5-9H,4,10H2,1-3H3;2*4H2,1-3H3,(H,7,8). The molecule has 0 fully saturated rings. The van der Waals surface area contributed by atoms with E-state index in [0.717, 1.165) is 108 Å². The number of ether oxygens (including phenoxy) is 12. The van der Waals surface area contributed by atoms with Crippen LogP contribution in [0.3, 0.4) is 0 Å². The molecular formula is C110H191N3O30. The smallest absolute Gasteiger partial charge is 0.407 e. The lowest BCUT2D eigenvalue weighted by Gasteiger charge is -2.20. The summed E-state index contributed by atoms with van der Waals surface area (Å²) in [7, 11) is 0. The Kier molecular flexibility index (Phi) is 82.1. The topological polar surface area (TPSA) is 464 Å². The summed E-state index contributed by atoms with van der Waals surface area (Å²) in [6.45, 7) is 55.0. The van der Waals surface area contributed by atoms with E-state index in [1.807, 2.05) is 134 Å². The number of rotatable bonds is 66. The van der Waals surface area contributed by atoms with Crippen molar-refractivity contribution in [2.45, 2.75) is 393 Å². The fraction of sp³-hybridized carbons (Fsp3) is 0.755. The van der Waals surface area contributed by atoms with Crippen LogP contribution < -0.4 is 16.0 Å². The number of unbranched alkanes of at least 4 members (excludes halogenated alkanes) is 9. The second-order valence-electron chi connectivity index (χ2n) is 39.8. The molecule has 0 bridgehead atoms. The van der Waals surface area contributed by atoms with Crippen molar-refractivity contribution >= 4 is 89.9 Å². The van der Waals surface area contributed by atoms with Crippen molar-refractivity contribution in [2.24, 2.45) is 55.7 Å². The van der Waals surface area contributed by atoms with E-state index in [0.29, 0.717) is 141 Å². The zero-order valence-corrected chi connectivity index (χ0v) is 92.8. The number of carbonyl (C=O) groups is 15. The van der Waals surface area contributed by atoms with Crippen molar-refractivity contribution in [3.05, 3.63) is 71.3 Å². The second kappa shape index (κ2) is 83.1. The quantitative estimate of drug-likeness (QED) is 0.0203. The predicted molar refractivity (Wildman–Crippen MR) is 554 cm³/mol. The van der Waals surface area contributed by atoms with Gasteiger partial charge >= 0.3 is 89.9 Å². The maximum Gasteiger partial charge on any atom is 0.407 e. The zero-order valence-electron chi connectivity index (χ0n) is 92.8. The van der Waals surface area contributed by atoms with Crippen LogP contribution in [0.25, 0.3) is 0 Å². The molecule has 2 aromatic carbocycles. The van der Waals surface area contributed by atoms with Crippen molar-refractivity contribution < 1.29 is 144 Å². The maximum absolute atomic E-state index is 11.8. The first-order valence-corrected chi connectivity index (χ1v) is 52.2. The third-order valence-electron chi connectivity index (χ3n) is 24.9. The van der Waals surface area contributed by atoms with Gasteiger partial charge in [0.15, 0.2) is 0 Å². The Bertz CT molecular complexity index is 3600. The van der Waals surface area contributed by atoms with E-state index in [1.165, 1.54) is 37.5 Å². The molecule has 3 unspecified atom stereocenters. The average Bonchev–Trinajstić information content (AvgIpc) is 0.847. The molecule has 6 N–H and O–H groups in total. The number of hydrogen-bond acceptors (Lipinski definition) is 27. The summed E-state index contributed by atoms with van der Waals surface area (Å²) in [5.74, 6) is -3.79. The molecule has 0 saturated heterocycles. The Hall–Kier alpha value is -10.1. The largest absolute Gasteiger partial charge is 0.481 e. The minimum Gasteiger partial charge on any atom is -0.481 e. The fourth-order valence-corrected chi connectivity index (χ4v) is 10.6. The van der Waals surface area contributed by atoms with Crippen molar-refractivity contribution in [1.82, 2.24) is 16.0 Å². The van der Waals surface area contributed by atoms with Gasteiger partial charge in [-0.3, -0.25) is 47.9 Å². The molecule has 2 aromatic rings. The summed E-state index contributed by atoms with van der Waals surface area (Å²) in [6.07, 6.45) is 24.5. The summed E-state index contributed by atoms with van der Waals surface area (Å²) < 4.78 is 61.9. The molecule has 0 aliphatic carbocycles. The molecular weight excluding hydrogens is 1840 g/mol. The monoisotopic (exact) mass is 2030 g/mol. The van der Waals surface area contributed by atoms with Crippen molar-refractivity contribution in [3.63, 3.8) is 0 Å². The number of carbonyl (C=O) groups excluding carboxylic acids is 12. The number of benzene rings is 2. The first kappa shape index (κ1) is 141. The van der Waals surface area contributed by atoms with Crippen molar-refractivity contribution in [3.8, 4) is 0 Å². The molecule has 0 saturated carbocycles. The molecule has 0 aliphatic rings. The number of esters is 9. The first-order chi connectivity index (χ1) is 67.1. The number of alkyl carbamates (subject to hydrolysis) is 3. The van der Waals surface area contributed by atoms with Gasteiger partial charge in [0.05, 0.1) is 108 Å². The Balaban J connectivity index is -0.000000539. The van der Waals surface area contributed by atoms with Crippen LogP contribution >= 0.6 is 0 Å². The summed E-state index contributed by atoms with van der Waals surface area (Å²) >= 11 is 0. The minimum atomic E-state index is -1.20. The van der Waals surface area contributed by atoms with Gasteiger partial charge in [-0.2, -0.15) is 0 Å². The molecule has 0 heterocycles. The zero-order chi connectivity index (χ0) is 110. The molecule has 33 heteroatoms. The predicted octanol–water partition coefficient (Wildman–Crippen LogP) is 23.7. The number of nitrogens with one attached hydrogen (secondary N) is 3. The molecule has 33 nitrogen and oxygen atoms in total. The van der Waals surface area contributed by atoms with Crippen LogP contribution in [-0.4, -0.2) is 198 Å². The second-order valence-corrected chi connectivity index (χ2v) is 39.8. The van der Waals surface area contributed by atoms with Crippen LogP contribution in [0.5, 0.6) is 0 Å². The van der Waals surface area contributed by atoms with E-state index >= 15 is 0 Å². The third-order valence-corrected chi connectivity index (χ3v) is 24.9. The van der Waals surface area contributed by atoms with Gasteiger partial charge in [-0.05, 0) is 254 Å². The maximum atomic E-state index is 11.8. The summed E-state index contributed by atoms with van der Waals surface area (Å²) in [6, 6.07) is 15.5. The van der Waals surface area contributed by atoms with E-state index in [4.69, 9.17) is 72.2 Å². The molecule has 143 heavy (non-hydrogen) atoms. The molecule has 826 valence electrons. The van der Waals surface area contributed by atoms with Crippen LogP contribution in [-0.2, 0) is 111 Å². The van der Waals surface area contributed by atoms with Gasteiger partial charge in [0.25, 0.3) is 0 Å². The van der Waals surface area contributed by atoms with Crippen LogP contribution in [0.15, 0.2) is 54.6 Å². The molecule has 0 aromatic heterocycles. The van der Waals surface area contributed by atoms with Gasteiger partial charge in [-0.1, -0.05) is 190 Å². The molecule has 3 atom stereocenters. The van der Waals surface area contributed by atoms with Gasteiger partial charge in [0, 0.05) is 19.3 Å². The highest BCUT2D eigenvalue weighted by Crippen LogP contribution is 2.28. The SMILES string of the molecule is CCC(C)(C)C(=O)O.CCC(C)(C)C(=O)O.CCC(C)(C)C(=O)OCCOC(=O)c1ccccc1C(=O)O.CCC(C)(C)C(=O)OCc1ccccc1.CCCCC(CC)COC(=O)CCCCCOC(=O)NCCOC(=O)C(C)(C)CC.CCCCC(CC)COC(=O)CCCCCOC(=O)NCCOC(=O)C(C)(C)CC.CCCCC(CC)COC(=O)CCCCCOC(=O)NCCOC(=O)C(C)(C)CC. The van der Waals surface area contributed by atoms with Crippen molar-refractivity contribution in [2.75, 3.05) is 92.3 Å². The lowest BCUT2D eigenvalue weighted by Crippen LogP contribution is -2.32. The number of amides is 3. The Morgan fingerprint density at radius 2 is 0.531 bits per heavy atom. The number of hydrogen-bond donors (Lipinski definition) is 6. The lowest BCUT2D eigenvalue weighted by atomic mass is 9.91. The number of aromatic carboxylic acids is 1. The van der Waals surface area contributed by atoms with Gasteiger partial charge in [-0.15, -0.1) is 0 Å². The van der Waals surface area contributed by atoms with Crippen LogP contribution in [0.1, 0.15) is 412 Å². The highest BCUT2D eigenvalue weighted by Gasteiger charge is 2.32. The Labute approximate surface area is 857 Å². The summed E-state index contributed by atoms with van der Waals surface area (Å²) in [4.78, 5) is 172. The van der Waals surface area contributed by atoms with Gasteiger partial charge in [-0.25, -0.2) is 24.0 Å². The van der Waals surface area contributed by atoms with Gasteiger partial charge in [0.1, 0.15) is 39.6 Å². The number of carboxylic acids is 3. The van der Waals surface area contributed by atoms with E-state index in [2.05, 4.69) is 57.5 Å². The molecule has 0 radical (unpaired) electrons. The van der Waals surface area contributed by atoms with E-state index in [9.17, 15) is 71.9 Å². The van der Waals surface area contributed by atoms with Crippen molar-refractivity contribution in [1.29, 1.82) is 0 Å². The normalized spacial score (nSPS) is 11.8. The van der Waals surface area contributed by atoms with Gasteiger partial charge < -0.3 is 88.1 Å². The van der Waals surface area contributed by atoms with Crippen LogP contribution in [0.4, 0.5) is 14.4 Å². The number of aliphatic carboxylic acids is 2. The molecule has 3 amide bonds. The molecule has 2 rings (SSSR count). The number of carboxylic acid groups (broad SMARTS) is 3.